The number of ether oxygens (including phenoxy) is 2. The predicted octanol–water partition coefficient (Wildman–Crippen LogP) is 5.79. The third-order valence-electron chi connectivity index (χ3n) is 2.97. The fourth-order valence-corrected chi connectivity index (χ4v) is 3.09. The summed E-state index contributed by atoms with van der Waals surface area (Å²) in [6.45, 7) is 0.599. The van der Waals surface area contributed by atoms with Gasteiger partial charge in [-0.05, 0) is 37.8 Å². The van der Waals surface area contributed by atoms with Crippen molar-refractivity contribution in [3.8, 4) is 0 Å². The van der Waals surface area contributed by atoms with Crippen LogP contribution in [0.25, 0.3) is 0 Å². The number of alkyl halides is 4. The second-order valence-electron chi connectivity index (χ2n) is 4.88. The van der Waals surface area contributed by atoms with Gasteiger partial charge in [0.1, 0.15) is 0 Å². The van der Waals surface area contributed by atoms with Gasteiger partial charge in [0.2, 0.25) is 0 Å². The zero-order chi connectivity index (χ0) is 17.9. The van der Waals surface area contributed by atoms with E-state index in [1.165, 1.54) is 0 Å². The van der Waals surface area contributed by atoms with Gasteiger partial charge in [-0.25, -0.2) is 9.59 Å². The highest BCUT2D eigenvalue weighted by molar-refractivity contribution is 9.25. The Morgan fingerprint density at radius 1 is 0.792 bits per heavy atom. The standard InChI is InChI=1S/C16H18Br4O4/c17-13(18)7-3-9-23-15(21)11-5-1-2-6-12(11)16(22)24-10-4-8-14(19)20/h1-2,5-6,13-14H,3-4,7-10H2. The summed E-state index contributed by atoms with van der Waals surface area (Å²) in [5, 5.41) is 0. The second-order valence-corrected chi connectivity index (χ2v) is 11.8. The molecule has 0 bridgehead atoms. The monoisotopic (exact) mass is 590 g/mol. The highest BCUT2D eigenvalue weighted by atomic mass is 79.9. The Hall–Kier alpha value is 0.0800. The summed E-state index contributed by atoms with van der Waals surface area (Å²) in [7, 11) is 0. The summed E-state index contributed by atoms with van der Waals surface area (Å²) in [6, 6.07) is 6.54. The highest BCUT2D eigenvalue weighted by Gasteiger charge is 2.19. The highest BCUT2D eigenvalue weighted by Crippen LogP contribution is 2.17. The van der Waals surface area contributed by atoms with Crippen molar-refractivity contribution in [2.45, 2.75) is 33.2 Å². The van der Waals surface area contributed by atoms with Crippen LogP contribution in [0.5, 0.6) is 0 Å². The number of hydrogen-bond donors (Lipinski definition) is 0. The third kappa shape index (κ3) is 8.97. The van der Waals surface area contributed by atoms with Gasteiger partial charge in [0, 0.05) is 0 Å². The molecule has 0 unspecified atom stereocenters. The van der Waals surface area contributed by atoms with Gasteiger partial charge in [-0.3, -0.25) is 0 Å². The number of benzene rings is 1. The average Bonchev–Trinajstić information content (AvgIpc) is 2.54. The molecule has 0 N–H and O–H groups in total. The summed E-state index contributed by atoms with van der Waals surface area (Å²) in [5.41, 5.74) is 0.464. The summed E-state index contributed by atoms with van der Waals surface area (Å²) < 4.78 is 10.8. The molecule has 0 saturated heterocycles. The van der Waals surface area contributed by atoms with E-state index in [4.69, 9.17) is 9.47 Å². The normalized spacial score (nSPS) is 10.9. The summed E-state index contributed by atoms with van der Waals surface area (Å²) in [5.74, 6) is -1.02. The smallest absolute Gasteiger partial charge is 0.339 e. The maximum absolute atomic E-state index is 12.2. The van der Waals surface area contributed by atoms with Crippen molar-refractivity contribution in [1.82, 2.24) is 0 Å². The lowest BCUT2D eigenvalue weighted by molar-refractivity contribution is 0.0452. The van der Waals surface area contributed by atoms with Gasteiger partial charge >= 0.3 is 11.9 Å². The number of esters is 2. The lowest BCUT2D eigenvalue weighted by Crippen LogP contribution is -2.15. The van der Waals surface area contributed by atoms with E-state index in [2.05, 4.69) is 63.7 Å². The van der Waals surface area contributed by atoms with Crippen LogP contribution >= 0.6 is 63.7 Å². The van der Waals surface area contributed by atoms with Crippen LogP contribution in [-0.2, 0) is 9.47 Å². The molecule has 0 atom stereocenters. The van der Waals surface area contributed by atoms with Gasteiger partial charge in [-0.1, -0.05) is 75.9 Å². The molecular formula is C16H18Br4O4. The lowest BCUT2D eigenvalue weighted by Gasteiger charge is -2.10. The first-order valence-corrected chi connectivity index (χ1v) is 11.1. The maximum atomic E-state index is 12.2. The van der Waals surface area contributed by atoms with Crippen LogP contribution in [0.2, 0.25) is 0 Å². The summed E-state index contributed by atoms with van der Waals surface area (Å²) in [4.78, 5) is 24.3. The second kappa shape index (κ2) is 12.4. The van der Waals surface area contributed by atoms with Gasteiger partial charge in [0.25, 0.3) is 0 Å². The molecule has 0 fully saturated rings. The summed E-state index contributed by atoms with van der Waals surface area (Å²) in [6.07, 6.45) is 3.11. The Balaban J connectivity index is 2.56. The van der Waals surface area contributed by atoms with Crippen LogP contribution in [0.1, 0.15) is 46.4 Å². The minimum Gasteiger partial charge on any atom is -0.462 e. The molecule has 0 spiro atoms. The van der Waals surface area contributed by atoms with E-state index in [1.807, 2.05) is 0 Å². The van der Waals surface area contributed by atoms with Gasteiger partial charge in [-0.15, -0.1) is 0 Å². The molecule has 134 valence electrons. The quantitative estimate of drug-likeness (QED) is 0.196. The fourth-order valence-electron chi connectivity index (χ4n) is 1.80. The molecule has 0 aliphatic carbocycles. The predicted molar refractivity (Wildman–Crippen MR) is 109 cm³/mol. The molecule has 1 aromatic rings. The number of carbonyl (C=O) groups excluding carboxylic acids is 2. The first-order valence-electron chi connectivity index (χ1n) is 7.41. The van der Waals surface area contributed by atoms with Crippen LogP contribution in [-0.4, -0.2) is 32.6 Å². The van der Waals surface area contributed by atoms with E-state index >= 15 is 0 Å². The molecule has 0 radical (unpaired) electrons. The third-order valence-corrected chi connectivity index (χ3v) is 4.80. The molecule has 1 aromatic carbocycles. The lowest BCUT2D eigenvalue weighted by atomic mass is 10.1. The Morgan fingerprint density at radius 2 is 1.17 bits per heavy atom. The minimum absolute atomic E-state index is 0.199. The molecule has 0 amide bonds. The van der Waals surface area contributed by atoms with E-state index in [0.717, 1.165) is 25.7 Å². The van der Waals surface area contributed by atoms with E-state index in [1.54, 1.807) is 24.3 Å². The van der Waals surface area contributed by atoms with Crippen molar-refractivity contribution < 1.29 is 19.1 Å². The number of rotatable bonds is 10. The first kappa shape index (κ1) is 22.1. The molecule has 0 heterocycles. The molecule has 1 rings (SSSR count). The van der Waals surface area contributed by atoms with Crippen molar-refractivity contribution in [1.29, 1.82) is 0 Å². The van der Waals surface area contributed by atoms with E-state index in [0.29, 0.717) is 13.2 Å². The fraction of sp³-hybridized carbons (Fsp3) is 0.500. The summed E-state index contributed by atoms with van der Waals surface area (Å²) >= 11 is 13.5. The number of halogens is 4. The molecule has 0 aromatic heterocycles. The molecule has 0 aliphatic heterocycles. The van der Waals surface area contributed by atoms with Gasteiger partial charge < -0.3 is 9.47 Å². The Kier molecular flexibility index (Phi) is 11.5. The van der Waals surface area contributed by atoms with Crippen molar-refractivity contribution >= 4 is 75.7 Å². The molecule has 0 aliphatic rings. The Morgan fingerprint density at radius 3 is 1.50 bits per heavy atom. The maximum Gasteiger partial charge on any atom is 0.339 e. The number of hydrogen-bond acceptors (Lipinski definition) is 4. The molecule has 0 saturated carbocycles. The largest absolute Gasteiger partial charge is 0.462 e. The van der Waals surface area contributed by atoms with E-state index < -0.39 is 11.9 Å². The van der Waals surface area contributed by atoms with Crippen LogP contribution < -0.4 is 0 Å². The van der Waals surface area contributed by atoms with Gasteiger partial charge in [0.05, 0.1) is 31.8 Å². The molecular weight excluding hydrogens is 576 g/mol. The van der Waals surface area contributed by atoms with Gasteiger partial charge in [-0.2, -0.15) is 0 Å². The molecule has 8 heteroatoms. The first-order chi connectivity index (χ1) is 11.4. The van der Waals surface area contributed by atoms with Gasteiger partial charge in [0.15, 0.2) is 0 Å². The van der Waals surface area contributed by atoms with E-state index in [-0.39, 0.29) is 18.6 Å². The van der Waals surface area contributed by atoms with Crippen molar-refractivity contribution in [2.24, 2.45) is 0 Å². The van der Waals surface area contributed by atoms with Crippen molar-refractivity contribution in [2.75, 3.05) is 13.2 Å². The minimum atomic E-state index is -0.510. The number of carbonyl (C=O) groups is 2. The average molecular weight is 594 g/mol. The van der Waals surface area contributed by atoms with Crippen LogP contribution in [0, 0.1) is 0 Å². The van der Waals surface area contributed by atoms with E-state index in [9.17, 15) is 9.59 Å². The van der Waals surface area contributed by atoms with Crippen molar-refractivity contribution in [3.05, 3.63) is 35.4 Å². The SMILES string of the molecule is O=C(OCCCC(Br)Br)c1ccccc1C(=O)OCCCC(Br)Br. The topological polar surface area (TPSA) is 52.6 Å². The Bertz CT molecular complexity index is 488. The van der Waals surface area contributed by atoms with Crippen molar-refractivity contribution in [3.63, 3.8) is 0 Å². The zero-order valence-corrected chi connectivity index (χ0v) is 19.2. The van der Waals surface area contributed by atoms with Crippen LogP contribution in [0.3, 0.4) is 0 Å². The Labute approximate surface area is 175 Å². The molecule has 4 nitrogen and oxygen atoms in total. The zero-order valence-electron chi connectivity index (χ0n) is 12.9. The van der Waals surface area contributed by atoms with Crippen LogP contribution in [0.4, 0.5) is 0 Å². The van der Waals surface area contributed by atoms with Crippen LogP contribution in [0.15, 0.2) is 24.3 Å². The molecule has 24 heavy (non-hydrogen) atoms.